The first kappa shape index (κ1) is 27.1. The number of ketones is 2. The SMILES string of the molecule is CC1(C)O[C@H]2CC3C4CCC5=CC(=O)C=C[C@]5(C)C4(F)[C@@H](O)C[C@]3(C)[C@]2(C(=O)COC(=O)CCC(=O)O)O1. The number of hydrogen-bond acceptors (Lipinski definition) is 8. The Balaban J connectivity index is 1.50. The molecule has 10 heteroatoms. The zero-order chi connectivity index (χ0) is 27.9. The van der Waals surface area contributed by atoms with E-state index < -0.39 is 82.7 Å². The molecule has 0 bridgehead atoms. The van der Waals surface area contributed by atoms with E-state index in [1.54, 1.807) is 26.8 Å². The summed E-state index contributed by atoms with van der Waals surface area (Å²) < 4.78 is 35.1. The Morgan fingerprint density at radius 2 is 1.87 bits per heavy atom. The van der Waals surface area contributed by atoms with Gasteiger partial charge in [0.1, 0.15) is 0 Å². The van der Waals surface area contributed by atoms with Crippen LogP contribution in [0.15, 0.2) is 23.8 Å². The van der Waals surface area contributed by atoms with Gasteiger partial charge in [-0.15, -0.1) is 0 Å². The van der Waals surface area contributed by atoms with E-state index in [0.29, 0.717) is 24.8 Å². The Labute approximate surface area is 220 Å². The van der Waals surface area contributed by atoms with Crippen LogP contribution in [0.3, 0.4) is 0 Å². The summed E-state index contributed by atoms with van der Waals surface area (Å²) in [6.45, 7) is 6.26. The number of hydrogen-bond donors (Lipinski definition) is 2. The standard InChI is InChI=1S/C28H35FO9/c1-24(2)37-21-12-18-17-6-5-15-11-16(30)9-10-25(15,3)27(17,29)19(31)13-26(18,4)28(21,38-24)20(32)14-36-23(35)8-7-22(33)34/h9-11,17-19,21,31H,5-8,12-14H2,1-4H3,(H,33,34)/t17?,18?,19-,21-,25-,26-,27?,28+/m0/s1. The molecule has 2 N–H and O–H groups in total. The fourth-order valence-corrected chi connectivity index (χ4v) is 8.34. The lowest BCUT2D eigenvalue weighted by molar-refractivity contribution is -0.246. The van der Waals surface area contributed by atoms with Crippen LogP contribution in [-0.4, -0.2) is 69.6 Å². The third-order valence-electron chi connectivity index (χ3n) is 9.96. The molecule has 0 aromatic heterocycles. The van der Waals surface area contributed by atoms with Crippen molar-refractivity contribution in [2.45, 2.75) is 95.5 Å². The molecule has 4 fully saturated rings. The van der Waals surface area contributed by atoms with E-state index in [2.05, 4.69) is 0 Å². The number of fused-ring (bicyclic) bond motifs is 7. The van der Waals surface area contributed by atoms with Crippen LogP contribution in [0.25, 0.3) is 0 Å². The zero-order valence-electron chi connectivity index (χ0n) is 22.1. The first-order chi connectivity index (χ1) is 17.6. The predicted molar refractivity (Wildman–Crippen MR) is 129 cm³/mol. The highest BCUT2D eigenvalue weighted by Gasteiger charge is 2.80. The van der Waals surface area contributed by atoms with Crippen LogP contribution in [-0.2, 0) is 33.4 Å². The number of aliphatic hydroxyl groups excluding tert-OH is 1. The van der Waals surface area contributed by atoms with E-state index in [1.807, 2.05) is 6.92 Å². The molecule has 8 atom stereocenters. The number of aliphatic carboxylic acids is 1. The van der Waals surface area contributed by atoms with Crippen molar-refractivity contribution in [2.75, 3.05) is 6.61 Å². The molecule has 9 nitrogen and oxygen atoms in total. The molecule has 0 aromatic carbocycles. The van der Waals surface area contributed by atoms with Gasteiger partial charge in [0.05, 0.1) is 25.0 Å². The van der Waals surface area contributed by atoms with E-state index in [9.17, 15) is 24.3 Å². The average Bonchev–Trinajstić information content (AvgIpc) is 3.23. The molecule has 3 saturated carbocycles. The van der Waals surface area contributed by atoms with Gasteiger partial charge in [-0.25, -0.2) is 4.39 Å². The van der Waals surface area contributed by atoms with Crippen LogP contribution < -0.4 is 0 Å². The fourth-order valence-electron chi connectivity index (χ4n) is 8.34. The molecule has 0 aromatic rings. The van der Waals surface area contributed by atoms with Gasteiger partial charge < -0.3 is 24.4 Å². The maximum Gasteiger partial charge on any atom is 0.306 e. The summed E-state index contributed by atoms with van der Waals surface area (Å²) in [7, 11) is 0. The molecular weight excluding hydrogens is 499 g/mol. The number of esters is 1. The Morgan fingerprint density at radius 1 is 1.16 bits per heavy atom. The van der Waals surface area contributed by atoms with Crippen LogP contribution in [0.2, 0.25) is 0 Å². The predicted octanol–water partition coefficient (Wildman–Crippen LogP) is 2.83. The van der Waals surface area contributed by atoms with Gasteiger partial charge in [0.25, 0.3) is 0 Å². The smallest absolute Gasteiger partial charge is 0.306 e. The van der Waals surface area contributed by atoms with Crippen molar-refractivity contribution in [3.63, 3.8) is 0 Å². The number of Topliss-reactive ketones (excluding diaryl/α,β-unsaturated/α-hetero) is 1. The summed E-state index contributed by atoms with van der Waals surface area (Å²) in [5, 5.41) is 20.4. The van der Waals surface area contributed by atoms with Crippen LogP contribution in [0, 0.1) is 22.7 Å². The maximum absolute atomic E-state index is 17.4. The van der Waals surface area contributed by atoms with Crippen molar-refractivity contribution in [1.82, 2.24) is 0 Å². The molecule has 1 aliphatic heterocycles. The van der Waals surface area contributed by atoms with Crippen molar-refractivity contribution in [3.05, 3.63) is 23.8 Å². The van der Waals surface area contributed by atoms with Crippen LogP contribution >= 0.6 is 0 Å². The first-order valence-corrected chi connectivity index (χ1v) is 13.2. The van der Waals surface area contributed by atoms with E-state index in [4.69, 9.17) is 19.3 Å². The Morgan fingerprint density at radius 3 is 2.55 bits per heavy atom. The number of ether oxygens (including phenoxy) is 3. The number of alkyl halides is 1. The van der Waals surface area contributed by atoms with Gasteiger partial charge in [0.15, 0.2) is 29.4 Å². The number of carbonyl (C=O) groups is 4. The summed E-state index contributed by atoms with van der Waals surface area (Å²) in [6.07, 6.45) is 2.50. The minimum absolute atomic E-state index is 0.0933. The second-order valence-corrected chi connectivity index (χ2v) is 12.3. The number of carbonyl (C=O) groups excluding carboxylic acids is 3. The number of carboxylic acids is 1. The third-order valence-corrected chi connectivity index (χ3v) is 9.96. The fraction of sp³-hybridized carbons (Fsp3) is 0.714. The molecule has 3 unspecified atom stereocenters. The topological polar surface area (TPSA) is 136 Å². The molecule has 1 saturated heterocycles. The van der Waals surface area contributed by atoms with Gasteiger partial charge in [0, 0.05) is 16.7 Å². The number of halogens is 1. The Hall–Kier alpha value is -2.43. The minimum atomic E-state index is -2.07. The van der Waals surface area contributed by atoms with Gasteiger partial charge in [-0.1, -0.05) is 18.6 Å². The van der Waals surface area contributed by atoms with Crippen molar-refractivity contribution in [2.24, 2.45) is 22.7 Å². The maximum atomic E-state index is 17.4. The van der Waals surface area contributed by atoms with E-state index in [0.717, 1.165) is 0 Å². The molecule has 0 spiro atoms. The summed E-state index contributed by atoms with van der Waals surface area (Å²) in [5.74, 6) is -4.90. The third kappa shape index (κ3) is 3.52. The van der Waals surface area contributed by atoms with Crippen LogP contribution in [0.1, 0.15) is 66.2 Å². The summed E-state index contributed by atoms with van der Waals surface area (Å²) in [6, 6.07) is 0. The number of allylic oxidation sites excluding steroid dienone is 4. The quantitative estimate of drug-likeness (QED) is 0.493. The van der Waals surface area contributed by atoms with Crippen molar-refractivity contribution in [3.8, 4) is 0 Å². The van der Waals surface area contributed by atoms with Crippen LogP contribution in [0.5, 0.6) is 0 Å². The van der Waals surface area contributed by atoms with Gasteiger partial charge in [0.2, 0.25) is 5.78 Å². The molecule has 1 heterocycles. The molecule has 0 amide bonds. The minimum Gasteiger partial charge on any atom is -0.481 e. The zero-order valence-corrected chi connectivity index (χ0v) is 22.1. The molecule has 5 rings (SSSR count). The van der Waals surface area contributed by atoms with Crippen molar-refractivity contribution in [1.29, 1.82) is 0 Å². The van der Waals surface area contributed by atoms with Crippen molar-refractivity contribution >= 4 is 23.5 Å². The van der Waals surface area contributed by atoms with Gasteiger partial charge in [-0.05, 0) is 64.5 Å². The van der Waals surface area contributed by atoms with Crippen molar-refractivity contribution < 1.29 is 48.0 Å². The van der Waals surface area contributed by atoms with Gasteiger partial charge >= 0.3 is 11.9 Å². The summed E-state index contributed by atoms with van der Waals surface area (Å²) in [4.78, 5) is 48.8. The number of rotatable bonds is 6. The highest BCUT2D eigenvalue weighted by Crippen LogP contribution is 2.72. The lowest BCUT2D eigenvalue weighted by Crippen LogP contribution is -2.70. The molecule has 4 aliphatic carbocycles. The van der Waals surface area contributed by atoms with Gasteiger partial charge in [-0.3, -0.25) is 19.2 Å². The highest BCUT2D eigenvalue weighted by molar-refractivity contribution is 6.01. The normalized spacial score (nSPS) is 44.4. The van der Waals surface area contributed by atoms with E-state index >= 15 is 4.39 Å². The monoisotopic (exact) mass is 534 g/mol. The van der Waals surface area contributed by atoms with Gasteiger partial charge in [-0.2, -0.15) is 0 Å². The molecule has 0 radical (unpaired) electrons. The molecule has 5 aliphatic rings. The second kappa shape index (κ2) is 8.53. The van der Waals surface area contributed by atoms with E-state index in [1.165, 1.54) is 12.2 Å². The molecule has 38 heavy (non-hydrogen) atoms. The lowest BCUT2D eigenvalue weighted by Gasteiger charge is -2.62. The summed E-state index contributed by atoms with van der Waals surface area (Å²) >= 11 is 0. The number of carboxylic acid groups (broad SMARTS) is 1. The number of aliphatic hydroxyl groups is 1. The summed E-state index contributed by atoms with van der Waals surface area (Å²) in [5.41, 5.74) is -5.20. The molecule has 208 valence electrons. The molecular formula is C28H35FO9. The Kier molecular flexibility index (Phi) is 6.10. The Bertz CT molecular complexity index is 1160. The average molecular weight is 535 g/mol. The largest absolute Gasteiger partial charge is 0.481 e. The van der Waals surface area contributed by atoms with E-state index in [-0.39, 0.29) is 18.6 Å². The second-order valence-electron chi connectivity index (χ2n) is 12.3. The first-order valence-electron chi connectivity index (χ1n) is 13.2. The van der Waals surface area contributed by atoms with Crippen LogP contribution in [0.4, 0.5) is 4.39 Å². The highest BCUT2D eigenvalue weighted by atomic mass is 19.1. The lowest BCUT2D eigenvalue weighted by atomic mass is 9.44.